The molecular weight excluding hydrogens is 983 g/mol. The zero-order valence-electron chi connectivity index (χ0n) is 47.8. The van der Waals surface area contributed by atoms with Crippen molar-refractivity contribution in [3.63, 3.8) is 0 Å². The highest BCUT2D eigenvalue weighted by Crippen LogP contribution is 2.35. The van der Waals surface area contributed by atoms with Gasteiger partial charge in [0, 0.05) is 37.7 Å². The van der Waals surface area contributed by atoms with E-state index in [1.54, 1.807) is 49.9 Å². The van der Waals surface area contributed by atoms with Gasteiger partial charge in [0.1, 0.15) is 24.2 Å². The zero-order chi connectivity index (χ0) is 56.8. The van der Waals surface area contributed by atoms with E-state index < -0.39 is 71.0 Å². The van der Waals surface area contributed by atoms with Crippen LogP contribution < -0.4 is 31.9 Å². The van der Waals surface area contributed by atoms with Crippen molar-refractivity contribution in [3.8, 4) is 0 Å². The predicted octanol–water partition coefficient (Wildman–Crippen LogP) is 6.21. The fraction of sp³-hybridized carbons (Fsp3) is 0.500. The fourth-order valence-electron chi connectivity index (χ4n) is 11.1. The van der Waals surface area contributed by atoms with Gasteiger partial charge in [-0.15, -0.1) is 0 Å². The number of benzene rings is 4. The Morgan fingerprint density at radius 1 is 0.654 bits per heavy atom. The van der Waals surface area contributed by atoms with Crippen molar-refractivity contribution in [2.75, 3.05) is 20.6 Å². The Hall–Kier alpha value is -6.91. The van der Waals surface area contributed by atoms with E-state index in [1.165, 1.54) is 10.5 Å². The second-order valence-corrected chi connectivity index (χ2v) is 23.9. The standard InChI is InChI=1S/C62H83N9O7/c1-37-20-13-17-25-47(37)40(4)69(58(76)51-32-44-22-14-15-23-45(44)35-70(51)59(77)52(61(5,6)7)67-54(72)38(2)63-11)34-41-28-30-43(31-29-41)56(74)65-46-33-50(57(75)66-49-27-19-24-42-21-16-18-26-48(42)49)71(36-46)60(78)53(62(8,9)10)68-55(73)39(3)64-12/h13-18,20-23,25-26,28-31,38-40,46,49-53,63-64H,19,24,27,32-36H2,1-12H3,(H,65,74)(H,66,75)(H,67,72)(H,68,73)/t38?,39?,40-,46+,49-,50+,51?,52?,53?/m1/s1. The summed E-state index contributed by atoms with van der Waals surface area (Å²) in [7, 11) is 3.36. The molecule has 2 aliphatic heterocycles. The number of fused-ring (bicyclic) bond motifs is 2. The number of likely N-dealkylation sites (tertiary alicyclic amines) is 1. The Morgan fingerprint density at radius 2 is 1.21 bits per heavy atom. The lowest BCUT2D eigenvalue weighted by Crippen LogP contribution is -2.62. The Bertz CT molecular complexity index is 2840. The number of hydrogen-bond donors (Lipinski definition) is 6. The number of carbonyl (C=O) groups is 7. The first-order chi connectivity index (χ1) is 36.9. The molecule has 78 heavy (non-hydrogen) atoms. The molecule has 3 aliphatic rings. The molecule has 7 amide bonds. The molecule has 9 atom stereocenters. The van der Waals surface area contributed by atoms with E-state index in [-0.39, 0.29) is 68.1 Å². The third kappa shape index (κ3) is 13.5. The van der Waals surface area contributed by atoms with Crippen LogP contribution in [0.1, 0.15) is 143 Å². The minimum atomic E-state index is -0.966. The van der Waals surface area contributed by atoms with Crippen molar-refractivity contribution in [1.29, 1.82) is 0 Å². The van der Waals surface area contributed by atoms with Crippen molar-refractivity contribution in [1.82, 2.24) is 46.6 Å². The highest BCUT2D eigenvalue weighted by molar-refractivity contribution is 5.97. The summed E-state index contributed by atoms with van der Waals surface area (Å²) in [4.78, 5) is 106. The largest absolute Gasteiger partial charge is 0.347 e. The maximum Gasteiger partial charge on any atom is 0.251 e. The fourth-order valence-corrected chi connectivity index (χ4v) is 11.1. The first kappa shape index (κ1) is 58.8. The molecule has 2 heterocycles. The lowest BCUT2D eigenvalue weighted by atomic mass is 9.84. The summed E-state index contributed by atoms with van der Waals surface area (Å²) >= 11 is 0. The quantitative estimate of drug-likeness (QED) is 0.0712. The highest BCUT2D eigenvalue weighted by Gasteiger charge is 2.47. The van der Waals surface area contributed by atoms with Crippen LogP contribution in [0.3, 0.4) is 0 Å². The summed E-state index contributed by atoms with van der Waals surface area (Å²) in [6.07, 6.45) is 3.01. The molecule has 4 aromatic rings. The van der Waals surface area contributed by atoms with Crippen LogP contribution in [0.4, 0.5) is 0 Å². The molecule has 16 heteroatoms. The molecule has 0 radical (unpaired) electrons. The second kappa shape index (κ2) is 24.8. The van der Waals surface area contributed by atoms with E-state index in [9.17, 15) is 24.0 Å². The average Bonchev–Trinajstić information content (AvgIpc) is 3.91. The van der Waals surface area contributed by atoms with Crippen LogP contribution in [0.5, 0.6) is 0 Å². The third-order valence-electron chi connectivity index (χ3n) is 16.1. The van der Waals surface area contributed by atoms with Gasteiger partial charge in [-0.05, 0) is 129 Å². The Kier molecular flexibility index (Phi) is 18.7. The van der Waals surface area contributed by atoms with E-state index in [0.717, 1.165) is 52.6 Å². The summed E-state index contributed by atoms with van der Waals surface area (Å²) in [6.45, 7) is 19.1. The minimum Gasteiger partial charge on any atom is -0.347 e. The van der Waals surface area contributed by atoms with Gasteiger partial charge in [0.2, 0.25) is 35.4 Å². The molecule has 0 aromatic heterocycles. The normalized spacial score (nSPS) is 20.2. The van der Waals surface area contributed by atoms with E-state index in [2.05, 4.69) is 38.0 Å². The molecule has 5 unspecified atom stereocenters. The van der Waals surface area contributed by atoms with Crippen molar-refractivity contribution in [2.24, 2.45) is 10.8 Å². The number of nitrogens with one attached hydrogen (secondary N) is 6. The first-order valence-electron chi connectivity index (χ1n) is 27.7. The Morgan fingerprint density at radius 3 is 1.79 bits per heavy atom. The van der Waals surface area contributed by atoms with Crippen LogP contribution in [-0.4, -0.2) is 119 Å². The van der Waals surface area contributed by atoms with E-state index in [4.69, 9.17) is 0 Å². The van der Waals surface area contributed by atoms with Gasteiger partial charge in [0.05, 0.1) is 24.2 Å². The Labute approximate surface area is 461 Å². The second-order valence-electron chi connectivity index (χ2n) is 23.9. The lowest BCUT2D eigenvalue weighted by molar-refractivity contribution is -0.152. The number of nitrogens with zero attached hydrogens (tertiary/aromatic N) is 3. The van der Waals surface area contributed by atoms with Crippen LogP contribution in [0.15, 0.2) is 97.1 Å². The molecule has 0 spiro atoms. The third-order valence-corrected chi connectivity index (χ3v) is 16.1. The lowest BCUT2D eigenvalue weighted by Gasteiger charge is -2.43. The summed E-state index contributed by atoms with van der Waals surface area (Å²) in [5.74, 6) is -2.40. The monoisotopic (exact) mass is 1070 g/mol. The van der Waals surface area contributed by atoms with Gasteiger partial charge in [-0.1, -0.05) is 126 Å². The molecule has 4 aromatic carbocycles. The van der Waals surface area contributed by atoms with Crippen LogP contribution >= 0.6 is 0 Å². The molecular formula is C62H83N9O7. The SMILES string of the molecule is CNC(C)C(=O)NC(C(=O)N1Cc2ccccc2CC1C(=O)N(Cc1ccc(C(=O)N[C@H]2C[C@@H](C(=O)N[C@@H]3CCCc4ccccc43)N(C(=O)C(NC(=O)C(C)NC)C(C)(C)C)C2)cc1)[C@H](C)c1ccccc1C)C(C)(C)C. The van der Waals surface area contributed by atoms with Crippen molar-refractivity contribution in [2.45, 2.75) is 169 Å². The number of likely N-dealkylation sites (N-methyl/N-ethyl adjacent to an activating group) is 2. The number of hydrogen-bond acceptors (Lipinski definition) is 9. The van der Waals surface area contributed by atoms with Crippen LogP contribution in [-0.2, 0) is 54.7 Å². The van der Waals surface area contributed by atoms with Crippen LogP contribution in [0, 0.1) is 17.8 Å². The molecule has 1 fully saturated rings. The van der Waals surface area contributed by atoms with Crippen molar-refractivity contribution >= 4 is 41.4 Å². The summed E-state index contributed by atoms with van der Waals surface area (Å²) in [6, 6.07) is 24.7. The zero-order valence-corrected chi connectivity index (χ0v) is 47.8. The maximum absolute atomic E-state index is 15.6. The highest BCUT2D eigenvalue weighted by atomic mass is 16.2. The van der Waals surface area contributed by atoms with Gasteiger partial charge in [0.15, 0.2) is 0 Å². The van der Waals surface area contributed by atoms with Crippen LogP contribution in [0.2, 0.25) is 0 Å². The summed E-state index contributed by atoms with van der Waals surface area (Å²) in [5, 5.41) is 18.2. The molecule has 0 saturated carbocycles. The average molecular weight is 1070 g/mol. The van der Waals surface area contributed by atoms with Crippen molar-refractivity contribution < 1.29 is 33.6 Å². The number of rotatable bonds is 17. The van der Waals surface area contributed by atoms with Gasteiger partial charge in [0.25, 0.3) is 5.91 Å². The van der Waals surface area contributed by atoms with Gasteiger partial charge in [-0.25, -0.2) is 0 Å². The summed E-state index contributed by atoms with van der Waals surface area (Å²) in [5.41, 5.74) is 5.76. The van der Waals surface area contributed by atoms with Gasteiger partial charge in [-0.2, -0.15) is 0 Å². The van der Waals surface area contributed by atoms with E-state index >= 15 is 9.59 Å². The molecule has 1 saturated heterocycles. The van der Waals surface area contributed by atoms with Gasteiger partial charge < -0.3 is 46.6 Å². The summed E-state index contributed by atoms with van der Waals surface area (Å²) < 4.78 is 0. The van der Waals surface area contributed by atoms with Gasteiger partial charge >= 0.3 is 0 Å². The molecule has 7 rings (SSSR count). The smallest absolute Gasteiger partial charge is 0.251 e. The molecule has 418 valence electrons. The van der Waals surface area contributed by atoms with Crippen LogP contribution in [0.25, 0.3) is 0 Å². The predicted molar refractivity (Wildman–Crippen MR) is 303 cm³/mol. The topological polar surface area (TPSA) is 201 Å². The molecule has 0 bridgehead atoms. The molecule has 16 nitrogen and oxygen atoms in total. The maximum atomic E-state index is 15.6. The first-order valence-corrected chi connectivity index (χ1v) is 27.7. The number of aryl methyl sites for hydroxylation is 2. The van der Waals surface area contributed by atoms with E-state index in [1.807, 2.05) is 134 Å². The van der Waals surface area contributed by atoms with Crippen molar-refractivity contribution in [3.05, 3.63) is 142 Å². The molecule has 6 N–H and O–H groups in total. The molecule has 1 aliphatic carbocycles. The van der Waals surface area contributed by atoms with E-state index in [0.29, 0.717) is 5.56 Å². The number of amides is 7. The van der Waals surface area contributed by atoms with Gasteiger partial charge in [-0.3, -0.25) is 33.6 Å². The Balaban J connectivity index is 1.15. The minimum absolute atomic E-state index is 0.0446. The number of carbonyl (C=O) groups excluding carboxylic acids is 7.